The Morgan fingerprint density at radius 2 is 1.34 bits per heavy atom. The number of carbonyl (C=O) groups is 2. The zero-order valence-electron chi connectivity index (χ0n) is 23.9. The third-order valence-electron chi connectivity index (χ3n) is 4.31. The van der Waals surface area contributed by atoms with Gasteiger partial charge in [0.05, 0.1) is 17.8 Å². The van der Waals surface area contributed by atoms with Gasteiger partial charge in [0.1, 0.15) is 0 Å². The van der Waals surface area contributed by atoms with Crippen molar-refractivity contribution in [2.24, 2.45) is 5.92 Å². The second-order valence-electron chi connectivity index (χ2n) is 10.4. The van der Waals surface area contributed by atoms with E-state index in [1.54, 1.807) is 20.8 Å². The molecule has 0 aliphatic heterocycles. The summed E-state index contributed by atoms with van der Waals surface area (Å²) in [6, 6.07) is 0. The first-order valence-corrected chi connectivity index (χ1v) is 13.0. The van der Waals surface area contributed by atoms with E-state index in [4.69, 9.17) is 24.1 Å². The van der Waals surface area contributed by atoms with Gasteiger partial charge in [0.25, 0.3) is 0 Å². The van der Waals surface area contributed by atoms with E-state index in [-0.39, 0.29) is 5.92 Å². The summed E-state index contributed by atoms with van der Waals surface area (Å²) in [7, 11) is 0. The highest BCUT2D eigenvalue weighted by Gasteiger charge is 2.28. The number of hydrogen-bond acceptors (Lipinski definition) is 9. The summed E-state index contributed by atoms with van der Waals surface area (Å²) in [6.45, 7) is 19.6. The van der Waals surface area contributed by atoms with Gasteiger partial charge in [-0.3, -0.25) is 4.89 Å². The fourth-order valence-corrected chi connectivity index (χ4v) is 2.33. The molecule has 2 unspecified atom stereocenters. The van der Waals surface area contributed by atoms with Gasteiger partial charge in [-0.15, -0.1) is 0 Å². The van der Waals surface area contributed by atoms with Gasteiger partial charge in [-0.25, -0.2) is 14.5 Å². The van der Waals surface area contributed by atoms with E-state index >= 15 is 0 Å². The van der Waals surface area contributed by atoms with Gasteiger partial charge >= 0.3 is 12.1 Å². The zero-order chi connectivity index (χ0) is 27.3. The lowest BCUT2D eigenvalue weighted by molar-refractivity contribution is -0.514. The first-order valence-electron chi connectivity index (χ1n) is 13.0. The van der Waals surface area contributed by atoms with Crippen molar-refractivity contribution in [2.45, 2.75) is 145 Å². The summed E-state index contributed by atoms with van der Waals surface area (Å²) in [6.07, 6.45) is 6.41. The molecule has 0 aromatic carbocycles. The van der Waals surface area contributed by atoms with E-state index in [9.17, 15) is 9.59 Å². The highest BCUT2D eigenvalue weighted by atomic mass is 17.5. The number of unbranched alkanes of at least 4 members (excludes halogenated alkanes) is 3. The predicted octanol–water partition coefficient (Wildman–Crippen LogP) is 7.61. The van der Waals surface area contributed by atoms with Crippen LogP contribution in [0.3, 0.4) is 0 Å². The molecule has 0 saturated carbocycles. The van der Waals surface area contributed by atoms with Gasteiger partial charge in [-0.2, -0.15) is 9.78 Å². The summed E-state index contributed by atoms with van der Waals surface area (Å²) in [5.41, 5.74) is -0.929. The van der Waals surface area contributed by atoms with Gasteiger partial charge in [-0.1, -0.05) is 53.4 Å². The van der Waals surface area contributed by atoms with Gasteiger partial charge < -0.3 is 9.47 Å². The van der Waals surface area contributed by atoms with Crippen molar-refractivity contribution < 1.29 is 43.7 Å². The molecule has 0 radical (unpaired) electrons. The van der Waals surface area contributed by atoms with E-state index in [1.165, 1.54) is 0 Å². The molecule has 9 heteroatoms. The summed E-state index contributed by atoms with van der Waals surface area (Å²) in [5, 5.41) is 4.31. The molecule has 0 aliphatic carbocycles. The standard InChI is InChI=1S/C17H34O5.C9H18O4/c1-7-10-12-14(9-3)15(21-22-17(4,5)6)20-16(18)19-13-11-8-2;1-5-6-7-8(10)11-13-12-9(2,3)4/h14-15H,7-13H2,1-6H3;5-7H2,1-4H3. The Labute approximate surface area is 213 Å². The largest absolute Gasteiger partial charge is 0.510 e. The van der Waals surface area contributed by atoms with Crippen LogP contribution in [0.5, 0.6) is 0 Å². The smallest absolute Gasteiger partial charge is 0.434 e. The van der Waals surface area contributed by atoms with Crippen molar-refractivity contribution >= 4 is 12.1 Å². The minimum Gasteiger partial charge on any atom is -0.434 e. The Bertz CT molecular complexity index is 524. The number of ether oxygens (including phenoxy) is 2. The van der Waals surface area contributed by atoms with Crippen molar-refractivity contribution in [1.29, 1.82) is 0 Å². The molecule has 0 rings (SSSR count). The van der Waals surface area contributed by atoms with Crippen LogP contribution in [0.4, 0.5) is 4.79 Å². The average molecular weight is 509 g/mol. The molecule has 0 fully saturated rings. The second kappa shape index (κ2) is 20.7. The summed E-state index contributed by atoms with van der Waals surface area (Å²) in [5.74, 6) is -0.299. The maximum absolute atomic E-state index is 11.8. The van der Waals surface area contributed by atoms with Crippen LogP contribution in [0.1, 0.15) is 127 Å². The number of hydrogen-bond donors (Lipinski definition) is 0. The third-order valence-corrected chi connectivity index (χ3v) is 4.31. The van der Waals surface area contributed by atoms with Gasteiger partial charge in [0, 0.05) is 12.3 Å². The van der Waals surface area contributed by atoms with E-state index in [2.05, 4.69) is 23.8 Å². The minimum absolute atomic E-state index is 0.0982. The molecule has 0 N–H and O–H groups in total. The van der Waals surface area contributed by atoms with E-state index < -0.39 is 29.6 Å². The normalized spacial score (nSPS) is 13.3. The van der Waals surface area contributed by atoms with Crippen LogP contribution in [0.2, 0.25) is 0 Å². The average Bonchev–Trinajstić information content (AvgIpc) is 2.75. The molecule has 0 amide bonds. The molecule has 0 bridgehead atoms. The molecule has 0 heterocycles. The van der Waals surface area contributed by atoms with Crippen molar-refractivity contribution in [1.82, 2.24) is 0 Å². The highest BCUT2D eigenvalue weighted by Crippen LogP contribution is 2.23. The van der Waals surface area contributed by atoms with Crippen LogP contribution in [-0.2, 0) is 38.9 Å². The van der Waals surface area contributed by atoms with Crippen LogP contribution in [0.25, 0.3) is 0 Å². The molecule has 0 saturated heterocycles. The molecule has 0 spiro atoms. The van der Waals surface area contributed by atoms with Crippen LogP contribution in [0.15, 0.2) is 0 Å². The van der Waals surface area contributed by atoms with Gasteiger partial charge in [0.15, 0.2) is 0 Å². The van der Waals surface area contributed by atoms with Crippen molar-refractivity contribution in [3.05, 3.63) is 0 Å². The third kappa shape index (κ3) is 25.5. The molecule has 35 heavy (non-hydrogen) atoms. The van der Waals surface area contributed by atoms with Crippen LogP contribution in [0, 0.1) is 5.92 Å². The monoisotopic (exact) mass is 508 g/mol. The van der Waals surface area contributed by atoms with E-state index in [0.717, 1.165) is 51.4 Å². The molecule has 210 valence electrons. The first kappa shape index (κ1) is 35.7. The lowest BCUT2D eigenvalue weighted by Gasteiger charge is -2.27. The Balaban J connectivity index is 0. The molecule has 2 atom stereocenters. The lowest BCUT2D eigenvalue weighted by atomic mass is 9.99. The van der Waals surface area contributed by atoms with Crippen molar-refractivity contribution in [2.75, 3.05) is 6.61 Å². The number of carbonyl (C=O) groups excluding carboxylic acids is 2. The van der Waals surface area contributed by atoms with E-state index in [0.29, 0.717) is 13.0 Å². The Morgan fingerprint density at radius 1 is 0.771 bits per heavy atom. The zero-order valence-corrected chi connectivity index (χ0v) is 23.9. The van der Waals surface area contributed by atoms with Crippen molar-refractivity contribution in [3.63, 3.8) is 0 Å². The molecule has 0 aromatic rings. The molecule has 9 nitrogen and oxygen atoms in total. The maximum atomic E-state index is 11.8. The predicted molar refractivity (Wildman–Crippen MR) is 134 cm³/mol. The summed E-state index contributed by atoms with van der Waals surface area (Å²) < 4.78 is 10.4. The Hall–Kier alpha value is -1.42. The summed E-state index contributed by atoms with van der Waals surface area (Å²) >= 11 is 0. The topological polar surface area (TPSA) is 98.8 Å². The Morgan fingerprint density at radius 3 is 1.83 bits per heavy atom. The molecular weight excluding hydrogens is 456 g/mol. The Kier molecular flexibility index (Phi) is 21.2. The minimum atomic E-state index is -0.732. The van der Waals surface area contributed by atoms with Crippen LogP contribution in [-0.4, -0.2) is 36.2 Å². The maximum Gasteiger partial charge on any atom is 0.510 e. The van der Waals surface area contributed by atoms with E-state index in [1.807, 2.05) is 34.6 Å². The highest BCUT2D eigenvalue weighted by molar-refractivity contribution is 5.68. The SMILES string of the molecule is CCCCC(=O)OOOC(C)(C)C.CCCCOC(=O)OC(OOC(C)(C)C)C(CC)CCCC. The quantitative estimate of drug-likeness (QED) is 0.0685. The van der Waals surface area contributed by atoms with Gasteiger partial charge in [0.2, 0.25) is 6.29 Å². The summed E-state index contributed by atoms with van der Waals surface area (Å²) in [4.78, 5) is 42.5. The van der Waals surface area contributed by atoms with Crippen molar-refractivity contribution in [3.8, 4) is 0 Å². The fraction of sp³-hybridized carbons (Fsp3) is 0.923. The van der Waals surface area contributed by atoms with Gasteiger partial charge in [-0.05, 0) is 72.3 Å². The molecular formula is C26H52O9. The number of rotatable bonds is 16. The van der Waals surface area contributed by atoms with Crippen LogP contribution >= 0.6 is 0 Å². The second-order valence-corrected chi connectivity index (χ2v) is 10.4. The first-order chi connectivity index (χ1) is 16.3. The molecule has 0 aromatic heterocycles. The lowest BCUT2D eigenvalue weighted by Crippen LogP contribution is -2.33. The fourth-order valence-electron chi connectivity index (χ4n) is 2.33. The molecule has 0 aliphatic rings. The van der Waals surface area contributed by atoms with Crippen LogP contribution < -0.4 is 0 Å².